The van der Waals surface area contributed by atoms with Crippen LogP contribution in [-0.4, -0.2) is 37.0 Å². The van der Waals surface area contributed by atoms with Gasteiger partial charge in [-0.1, -0.05) is 24.3 Å². The van der Waals surface area contributed by atoms with Crippen LogP contribution in [0.1, 0.15) is 39.7 Å². The van der Waals surface area contributed by atoms with Crippen LogP contribution in [-0.2, 0) is 11.2 Å². The number of aryl methyl sites for hydroxylation is 2. The minimum Gasteiger partial charge on any atom is -0.366 e. The Balaban J connectivity index is 1.31. The zero-order valence-corrected chi connectivity index (χ0v) is 19.3. The smallest absolute Gasteiger partial charge is 0.254 e. The summed E-state index contributed by atoms with van der Waals surface area (Å²) in [5, 5.41) is 10.6. The van der Waals surface area contributed by atoms with Gasteiger partial charge in [-0.2, -0.15) is 9.50 Å². The molecule has 1 atom stereocenters. The summed E-state index contributed by atoms with van der Waals surface area (Å²) in [6.07, 6.45) is 2.99. The number of hydrogen-bond donors (Lipinski definition) is 3. The van der Waals surface area contributed by atoms with Crippen LogP contribution >= 0.6 is 11.3 Å². The predicted molar refractivity (Wildman–Crippen MR) is 130 cm³/mol. The summed E-state index contributed by atoms with van der Waals surface area (Å²) >= 11 is 1.71. The third-order valence-corrected chi connectivity index (χ3v) is 7.04. The first-order chi connectivity index (χ1) is 16.0. The lowest BCUT2D eigenvalue weighted by Gasteiger charge is -2.17. The van der Waals surface area contributed by atoms with Crippen molar-refractivity contribution >= 4 is 39.9 Å². The molecule has 0 aliphatic heterocycles. The number of nitrogens with two attached hydrogens (primary N) is 1. The molecule has 9 heteroatoms. The van der Waals surface area contributed by atoms with Crippen LogP contribution in [0.2, 0.25) is 0 Å². The molecule has 33 heavy (non-hydrogen) atoms. The van der Waals surface area contributed by atoms with Gasteiger partial charge in [-0.3, -0.25) is 4.79 Å². The first-order valence-corrected chi connectivity index (χ1v) is 11.7. The molecule has 1 unspecified atom stereocenters. The molecule has 0 bridgehead atoms. The Morgan fingerprint density at radius 1 is 1.21 bits per heavy atom. The van der Waals surface area contributed by atoms with Crippen LogP contribution in [0.4, 0.5) is 5.95 Å². The summed E-state index contributed by atoms with van der Waals surface area (Å²) in [7, 11) is 0. The number of nitrogens with zero attached hydrogens (tertiary/aromatic N) is 4. The molecule has 4 N–H and O–H groups in total. The van der Waals surface area contributed by atoms with E-state index in [9.17, 15) is 4.79 Å². The third kappa shape index (κ3) is 4.07. The first-order valence-electron chi connectivity index (χ1n) is 10.9. The average molecular weight is 460 g/mol. The molecule has 0 fully saturated rings. The van der Waals surface area contributed by atoms with Crippen molar-refractivity contribution in [2.45, 2.75) is 32.6 Å². The zero-order chi connectivity index (χ0) is 22.9. The topological polar surface area (TPSA) is 114 Å². The highest BCUT2D eigenvalue weighted by Gasteiger charge is 2.20. The number of benzene rings is 1. The SMILES string of the molecule is Cc1nc2nc(N)nn2c(C)c1CCC(=O)NCC(c1cccs1)c1c[nH]c2ccccc12. The molecule has 0 spiro atoms. The summed E-state index contributed by atoms with van der Waals surface area (Å²) < 4.78 is 1.64. The number of nitrogens with one attached hydrogen (secondary N) is 2. The number of fused-ring (bicyclic) bond motifs is 2. The highest BCUT2D eigenvalue weighted by molar-refractivity contribution is 7.10. The average Bonchev–Trinajstić information content (AvgIpc) is 3.54. The molecule has 1 amide bonds. The number of amides is 1. The minimum atomic E-state index is 0.00778. The summed E-state index contributed by atoms with van der Waals surface area (Å²) in [6, 6.07) is 12.4. The van der Waals surface area contributed by atoms with Gasteiger partial charge < -0.3 is 16.0 Å². The van der Waals surface area contributed by atoms with Crippen LogP contribution in [0.25, 0.3) is 16.7 Å². The molecule has 4 aromatic heterocycles. The number of carbonyl (C=O) groups is 1. The van der Waals surface area contributed by atoms with E-state index in [0.29, 0.717) is 25.2 Å². The van der Waals surface area contributed by atoms with Crippen molar-refractivity contribution in [3.05, 3.63) is 75.4 Å². The summed E-state index contributed by atoms with van der Waals surface area (Å²) in [4.78, 5) is 26.0. The summed E-state index contributed by atoms with van der Waals surface area (Å²) in [5.41, 5.74) is 10.8. The molecule has 168 valence electrons. The van der Waals surface area contributed by atoms with Crippen LogP contribution in [0.15, 0.2) is 48.0 Å². The number of hydrogen-bond acceptors (Lipinski definition) is 6. The Bertz CT molecular complexity index is 1430. The summed E-state index contributed by atoms with van der Waals surface area (Å²) in [6.45, 7) is 4.41. The molecule has 1 aromatic carbocycles. The van der Waals surface area contributed by atoms with Crippen LogP contribution < -0.4 is 11.1 Å². The molecule has 5 rings (SSSR count). The highest BCUT2D eigenvalue weighted by atomic mass is 32.1. The van der Waals surface area contributed by atoms with E-state index in [1.807, 2.05) is 26.0 Å². The van der Waals surface area contributed by atoms with Gasteiger partial charge in [-0.05, 0) is 48.9 Å². The fourth-order valence-corrected chi connectivity index (χ4v) is 5.21. The number of aromatic nitrogens is 5. The van der Waals surface area contributed by atoms with Crippen molar-refractivity contribution in [1.29, 1.82) is 0 Å². The number of rotatable bonds is 7. The van der Waals surface area contributed by atoms with Crippen molar-refractivity contribution in [2.75, 3.05) is 12.3 Å². The quantitative estimate of drug-likeness (QED) is 0.343. The van der Waals surface area contributed by atoms with E-state index < -0.39 is 0 Å². The van der Waals surface area contributed by atoms with Gasteiger partial charge in [0, 0.05) is 52.2 Å². The number of carbonyl (C=O) groups excluding carboxylic acids is 1. The maximum atomic E-state index is 12.8. The monoisotopic (exact) mass is 459 g/mol. The fraction of sp³-hybridized carbons (Fsp3) is 0.250. The van der Waals surface area contributed by atoms with Gasteiger partial charge in [0.05, 0.1) is 0 Å². The van der Waals surface area contributed by atoms with Crippen molar-refractivity contribution in [1.82, 2.24) is 29.9 Å². The van der Waals surface area contributed by atoms with Gasteiger partial charge in [-0.15, -0.1) is 16.4 Å². The Morgan fingerprint density at radius 3 is 2.88 bits per heavy atom. The largest absolute Gasteiger partial charge is 0.366 e. The lowest BCUT2D eigenvalue weighted by Crippen LogP contribution is -2.29. The van der Waals surface area contributed by atoms with E-state index in [2.05, 4.69) is 61.2 Å². The second kappa shape index (κ2) is 8.67. The van der Waals surface area contributed by atoms with Crippen molar-refractivity contribution in [2.24, 2.45) is 0 Å². The third-order valence-electron chi connectivity index (χ3n) is 6.05. The van der Waals surface area contributed by atoms with Gasteiger partial charge >= 0.3 is 0 Å². The molecule has 4 heterocycles. The Labute approximate surface area is 194 Å². The molecular weight excluding hydrogens is 434 g/mol. The van der Waals surface area contributed by atoms with Gasteiger partial charge in [0.1, 0.15) is 0 Å². The van der Waals surface area contributed by atoms with E-state index >= 15 is 0 Å². The predicted octanol–water partition coefficient (Wildman–Crippen LogP) is 3.75. The molecular formula is C24H25N7OS. The van der Waals surface area contributed by atoms with E-state index in [4.69, 9.17) is 5.73 Å². The van der Waals surface area contributed by atoms with Crippen molar-refractivity contribution < 1.29 is 4.79 Å². The zero-order valence-electron chi connectivity index (χ0n) is 18.5. The van der Waals surface area contributed by atoms with Crippen molar-refractivity contribution in [3.8, 4) is 0 Å². The van der Waals surface area contributed by atoms with E-state index in [1.54, 1.807) is 15.9 Å². The van der Waals surface area contributed by atoms with Crippen LogP contribution in [0.5, 0.6) is 0 Å². The lowest BCUT2D eigenvalue weighted by molar-refractivity contribution is -0.121. The van der Waals surface area contributed by atoms with Crippen LogP contribution in [0.3, 0.4) is 0 Å². The molecule has 0 radical (unpaired) electrons. The summed E-state index contributed by atoms with van der Waals surface area (Å²) in [5.74, 6) is 0.767. The lowest BCUT2D eigenvalue weighted by atomic mass is 9.96. The molecule has 5 aromatic rings. The molecule has 0 saturated heterocycles. The van der Waals surface area contributed by atoms with Gasteiger partial charge in [-0.25, -0.2) is 4.98 Å². The number of thiophene rings is 1. The molecule has 0 aliphatic carbocycles. The number of para-hydroxylation sites is 1. The van der Waals surface area contributed by atoms with Gasteiger partial charge in [0.2, 0.25) is 11.9 Å². The van der Waals surface area contributed by atoms with Crippen molar-refractivity contribution in [3.63, 3.8) is 0 Å². The van der Waals surface area contributed by atoms with Gasteiger partial charge in [0.25, 0.3) is 5.78 Å². The maximum absolute atomic E-state index is 12.8. The molecule has 0 aliphatic rings. The molecule has 0 saturated carbocycles. The highest BCUT2D eigenvalue weighted by Crippen LogP contribution is 2.32. The van der Waals surface area contributed by atoms with E-state index in [0.717, 1.165) is 22.5 Å². The number of nitrogen functional groups attached to an aromatic ring is 1. The first kappa shape index (κ1) is 21.1. The minimum absolute atomic E-state index is 0.00778. The van der Waals surface area contributed by atoms with Gasteiger partial charge in [0.15, 0.2) is 0 Å². The molecule has 8 nitrogen and oxygen atoms in total. The standard InChI is InChI=1S/C24H25N7OS/c1-14-16(15(2)31-24(28-14)29-23(25)30-31)9-10-22(32)27-13-19(21-8-5-11-33-21)18-12-26-20-7-4-3-6-17(18)20/h3-8,11-12,19,26H,9-10,13H2,1-2H3,(H2,25,30)(H,27,32). The number of H-pyrrole nitrogens is 1. The van der Waals surface area contributed by atoms with Crippen LogP contribution in [0, 0.1) is 13.8 Å². The normalized spacial score (nSPS) is 12.4. The number of aromatic amines is 1. The fourth-order valence-electron chi connectivity index (χ4n) is 4.36. The number of anilines is 1. The Kier molecular flexibility index (Phi) is 5.55. The second-order valence-electron chi connectivity index (χ2n) is 8.10. The van der Waals surface area contributed by atoms with E-state index in [1.165, 1.54) is 15.8 Å². The Morgan fingerprint density at radius 2 is 2.06 bits per heavy atom. The van der Waals surface area contributed by atoms with E-state index in [-0.39, 0.29) is 17.8 Å². The second-order valence-corrected chi connectivity index (χ2v) is 9.08. The Hall–Kier alpha value is -3.72. The maximum Gasteiger partial charge on any atom is 0.254 e.